The largest absolute Gasteiger partial charge is 0.467 e. The minimum atomic E-state index is -0.883. The Morgan fingerprint density at radius 2 is 1.62 bits per heavy atom. The summed E-state index contributed by atoms with van der Waals surface area (Å²) in [7, 11) is 1.28. The van der Waals surface area contributed by atoms with E-state index in [4.69, 9.17) is 9.15 Å². The van der Waals surface area contributed by atoms with Gasteiger partial charge >= 0.3 is 5.97 Å². The minimum Gasteiger partial charge on any atom is -0.467 e. The topological polar surface area (TPSA) is 76.8 Å². The van der Waals surface area contributed by atoms with Crippen LogP contribution in [0.25, 0.3) is 0 Å². The Labute approximate surface area is 191 Å². The number of methoxy groups -OCH3 is 1. The molecule has 6 nitrogen and oxygen atoms in total. The van der Waals surface area contributed by atoms with E-state index in [-0.39, 0.29) is 22.7 Å². The van der Waals surface area contributed by atoms with E-state index >= 15 is 0 Å². The van der Waals surface area contributed by atoms with Gasteiger partial charge in [-0.1, -0.05) is 72.4 Å². The maximum atomic E-state index is 13.7. The molecule has 2 aromatic carbocycles. The second kappa shape index (κ2) is 11.3. The summed E-state index contributed by atoms with van der Waals surface area (Å²) in [5, 5.41) is -0.109. The summed E-state index contributed by atoms with van der Waals surface area (Å²) in [5.41, 5.74) is 1.54. The molecule has 0 bridgehead atoms. The van der Waals surface area contributed by atoms with Gasteiger partial charge in [-0.2, -0.15) is 0 Å². The predicted octanol–water partition coefficient (Wildman–Crippen LogP) is 4.61. The zero-order valence-electron chi connectivity index (χ0n) is 18.0. The summed E-state index contributed by atoms with van der Waals surface area (Å²) < 4.78 is 10.3. The van der Waals surface area contributed by atoms with E-state index in [2.05, 4.69) is 0 Å². The normalized spacial score (nSPS) is 12.6. The summed E-state index contributed by atoms with van der Waals surface area (Å²) in [6, 6.07) is 20.9. The highest BCUT2D eigenvalue weighted by molar-refractivity contribution is 8.14. The quantitative estimate of drug-likeness (QED) is 0.442. The number of thioether (sulfide) groups is 1. The maximum absolute atomic E-state index is 13.7. The van der Waals surface area contributed by atoms with Crippen LogP contribution in [0.1, 0.15) is 22.8 Å². The third kappa shape index (κ3) is 5.88. The Morgan fingerprint density at radius 3 is 2.22 bits per heavy atom. The molecule has 2 atom stereocenters. The van der Waals surface area contributed by atoms with Gasteiger partial charge in [0, 0.05) is 17.4 Å². The number of anilines is 1. The van der Waals surface area contributed by atoms with Crippen molar-refractivity contribution in [2.24, 2.45) is 5.92 Å². The molecular formula is C25H25NO5S. The highest BCUT2D eigenvalue weighted by atomic mass is 32.2. The standard InChI is InChI=1S/C25H25NO5S/c1-18(24(28)30-2)26(22-14-9-15-31-22)23(27)21(16-19-10-5-3-6-11-19)17-32-25(29)20-12-7-4-8-13-20/h3-15,18,21H,16-17H2,1-2H3. The molecule has 0 aliphatic rings. The van der Waals surface area contributed by atoms with Crippen molar-refractivity contribution in [3.63, 3.8) is 0 Å². The molecule has 0 aliphatic carbocycles. The first-order valence-corrected chi connectivity index (χ1v) is 11.2. The zero-order valence-corrected chi connectivity index (χ0v) is 18.8. The van der Waals surface area contributed by atoms with Crippen molar-refractivity contribution in [3.05, 3.63) is 90.2 Å². The van der Waals surface area contributed by atoms with Crippen molar-refractivity contribution in [1.29, 1.82) is 0 Å². The molecule has 0 radical (unpaired) electrons. The van der Waals surface area contributed by atoms with Crippen LogP contribution >= 0.6 is 11.8 Å². The van der Waals surface area contributed by atoms with E-state index in [9.17, 15) is 14.4 Å². The van der Waals surface area contributed by atoms with Gasteiger partial charge in [-0.25, -0.2) is 4.79 Å². The van der Waals surface area contributed by atoms with Crippen LogP contribution in [0.5, 0.6) is 0 Å². The number of rotatable bonds is 9. The van der Waals surface area contributed by atoms with Gasteiger partial charge in [0.15, 0.2) is 0 Å². The van der Waals surface area contributed by atoms with Crippen molar-refractivity contribution in [3.8, 4) is 0 Å². The van der Waals surface area contributed by atoms with Crippen LogP contribution < -0.4 is 4.90 Å². The van der Waals surface area contributed by atoms with Crippen LogP contribution in [0.3, 0.4) is 0 Å². The van der Waals surface area contributed by atoms with Gasteiger partial charge in [0.2, 0.25) is 16.9 Å². The van der Waals surface area contributed by atoms with Crippen LogP contribution in [0, 0.1) is 5.92 Å². The lowest BCUT2D eigenvalue weighted by atomic mass is 9.99. The molecule has 7 heteroatoms. The average Bonchev–Trinajstić information content (AvgIpc) is 3.36. The molecule has 1 amide bonds. The fraction of sp³-hybridized carbons (Fsp3) is 0.240. The molecule has 2 unspecified atom stereocenters. The molecule has 3 rings (SSSR count). The fourth-order valence-electron chi connectivity index (χ4n) is 3.32. The maximum Gasteiger partial charge on any atom is 0.328 e. The summed E-state index contributed by atoms with van der Waals surface area (Å²) in [5.74, 6) is -0.916. The van der Waals surface area contributed by atoms with Crippen molar-refractivity contribution >= 4 is 34.6 Å². The Bertz CT molecular complexity index is 1020. The first-order valence-electron chi connectivity index (χ1n) is 10.2. The molecular weight excluding hydrogens is 426 g/mol. The summed E-state index contributed by atoms with van der Waals surface area (Å²) >= 11 is 1.09. The number of amides is 1. The van der Waals surface area contributed by atoms with Gasteiger partial charge in [-0.15, -0.1) is 0 Å². The Kier molecular flexibility index (Phi) is 8.27. The van der Waals surface area contributed by atoms with Crippen LogP contribution in [-0.2, 0) is 20.7 Å². The lowest BCUT2D eigenvalue weighted by Gasteiger charge is -2.29. The average molecular weight is 452 g/mol. The van der Waals surface area contributed by atoms with Crippen LogP contribution in [0.4, 0.5) is 5.88 Å². The third-order valence-corrected chi connectivity index (χ3v) is 6.08. The Balaban J connectivity index is 1.86. The van der Waals surface area contributed by atoms with E-state index in [1.807, 2.05) is 36.4 Å². The summed E-state index contributed by atoms with van der Waals surface area (Å²) in [6.45, 7) is 1.59. The highest BCUT2D eigenvalue weighted by Crippen LogP contribution is 2.26. The molecule has 1 aromatic heterocycles. The smallest absolute Gasteiger partial charge is 0.328 e. The minimum absolute atomic E-state index is 0.109. The van der Waals surface area contributed by atoms with Crippen LogP contribution in [0.15, 0.2) is 83.5 Å². The number of nitrogens with zero attached hydrogens (tertiary/aromatic N) is 1. The molecule has 0 N–H and O–H groups in total. The Hall–Kier alpha value is -3.32. The van der Waals surface area contributed by atoms with Crippen molar-refractivity contribution < 1.29 is 23.5 Å². The first kappa shape index (κ1) is 23.3. The summed E-state index contributed by atoms with van der Waals surface area (Å²) in [6.07, 6.45) is 1.86. The molecule has 0 fully saturated rings. The number of hydrogen-bond donors (Lipinski definition) is 0. The number of hydrogen-bond acceptors (Lipinski definition) is 6. The molecule has 32 heavy (non-hydrogen) atoms. The lowest BCUT2D eigenvalue weighted by molar-refractivity contribution is -0.143. The number of ether oxygens (including phenoxy) is 1. The molecule has 1 heterocycles. The number of furan rings is 1. The van der Waals surface area contributed by atoms with Crippen LogP contribution in [-0.4, -0.2) is 35.9 Å². The second-order valence-electron chi connectivity index (χ2n) is 7.21. The first-order chi connectivity index (χ1) is 15.5. The zero-order chi connectivity index (χ0) is 22.9. The SMILES string of the molecule is COC(=O)C(C)N(C(=O)C(CSC(=O)c1ccccc1)Cc1ccccc1)c1ccco1. The number of esters is 1. The highest BCUT2D eigenvalue weighted by Gasteiger charge is 2.35. The van der Waals surface area contributed by atoms with Gasteiger partial charge < -0.3 is 9.15 Å². The monoisotopic (exact) mass is 451 g/mol. The Morgan fingerprint density at radius 1 is 0.969 bits per heavy atom. The second-order valence-corrected chi connectivity index (χ2v) is 8.20. The predicted molar refractivity (Wildman–Crippen MR) is 125 cm³/mol. The molecule has 3 aromatic rings. The summed E-state index contributed by atoms with van der Waals surface area (Å²) in [4.78, 5) is 39.9. The van der Waals surface area contributed by atoms with Crippen molar-refractivity contribution in [2.45, 2.75) is 19.4 Å². The molecule has 0 spiro atoms. The van der Waals surface area contributed by atoms with Crippen molar-refractivity contribution in [2.75, 3.05) is 17.8 Å². The fourth-order valence-corrected chi connectivity index (χ4v) is 4.24. The van der Waals surface area contributed by atoms with E-state index < -0.39 is 17.9 Å². The number of benzene rings is 2. The lowest BCUT2D eigenvalue weighted by Crippen LogP contribution is -2.47. The van der Waals surface area contributed by atoms with Gasteiger partial charge in [-0.3, -0.25) is 14.5 Å². The molecule has 0 aliphatic heterocycles. The van der Waals surface area contributed by atoms with Gasteiger partial charge in [0.1, 0.15) is 6.04 Å². The molecule has 0 saturated heterocycles. The van der Waals surface area contributed by atoms with E-state index in [0.29, 0.717) is 12.0 Å². The number of carbonyl (C=O) groups excluding carboxylic acids is 3. The molecule has 166 valence electrons. The van der Waals surface area contributed by atoms with E-state index in [0.717, 1.165) is 17.3 Å². The van der Waals surface area contributed by atoms with E-state index in [1.54, 1.807) is 43.3 Å². The van der Waals surface area contributed by atoms with Crippen LogP contribution in [0.2, 0.25) is 0 Å². The third-order valence-electron chi connectivity index (χ3n) is 5.01. The van der Waals surface area contributed by atoms with Gasteiger partial charge in [0.05, 0.1) is 19.3 Å². The van der Waals surface area contributed by atoms with Gasteiger partial charge in [0.25, 0.3) is 0 Å². The van der Waals surface area contributed by atoms with Gasteiger partial charge in [-0.05, 0) is 25.0 Å². The van der Waals surface area contributed by atoms with E-state index in [1.165, 1.54) is 18.3 Å². The molecule has 0 saturated carbocycles. The van der Waals surface area contributed by atoms with Crippen molar-refractivity contribution in [1.82, 2.24) is 0 Å². The number of carbonyl (C=O) groups is 3.